The number of rotatable bonds is 0. The lowest BCUT2D eigenvalue weighted by Gasteiger charge is -2.20. The van der Waals surface area contributed by atoms with Crippen LogP contribution in [0.3, 0.4) is 0 Å². The monoisotopic (exact) mass is 156 g/mol. The van der Waals surface area contributed by atoms with E-state index in [2.05, 4.69) is 15.1 Å². The molecule has 0 saturated carbocycles. The van der Waals surface area contributed by atoms with Crippen molar-refractivity contribution >= 4 is 17.9 Å². The lowest BCUT2D eigenvalue weighted by atomic mass is 10.2. The van der Waals surface area contributed by atoms with Crippen molar-refractivity contribution in [2.75, 3.05) is 0 Å². The van der Waals surface area contributed by atoms with Crippen molar-refractivity contribution in [3.05, 3.63) is 0 Å². The Labute approximate surface area is 62.3 Å². The molecule has 0 radical (unpaired) electrons. The Bertz CT molecular complexity index is 251. The molecule has 0 aromatic rings. The van der Waals surface area contributed by atoms with Gasteiger partial charge in [0.2, 0.25) is 11.7 Å². The Morgan fingerprint density at radius 1 is 1.55 bits per heavy atom. The summed E-state index contributed by atoms with van der Waals surface area (Å²) in [5.74, 6) is -1.61. The molecule has 1 heterocycles. The fourth-order valence-electron chi connectivity index (χ4n) is 0.612. The molecule has 11 heavy (non-hydrogen) atoms. The normalized spacial score (nSPS) is 25.3. The summed E-state index contributed by atoms with van der Waals surface area (Å²) in [6.07, 6.45) is 1.16. The molecule has 1 aliphatic rings. The van der Waals surface area contributed by atoms with E-state index >= 15 is 0 Å². The van der Waals surface area contributed by atoms with Gasteiger partial charge in [-0.15, -0.1) is 0 Å². The first kappa shape index (κ1) is 7.63. The number of guanidine groups is 1. The van der Waals surface area contributed by atoms with E-state index in [0.29, 0.717) is 0 Å². The lowest BCUT2D eigenvalue weighted by molar-refractivity contribution is 0.315. The minimum absolute atomic E-state index is 0.0355. The van der Waals surface area contributed by atoms with Gasteiger partial charge in [0.25, 0.3) is 0 Å². The zero-order valence-corrected chi connectivity index (χ0v) is 5.60. The van der Waals surface area contributed by atoms with Crippen LogP contribution < -0.4 is 17.2 Å². The molecule has 60 valence electrons. The smallest absolute Gasteiger partial charge is 0.218 e. The maximum Gasteiger partial charge on any atom is 0.218 e. The number of hydrogen-bond donors (Lipinski definition) is 4. The molecule has 1 rings (SSSR count). The van der Waals surface area contributed by atoms with Crippen LogP contribution in [0.15, 0.2) is 15.1 Å². The van der Waals surface area contributed by atoms with E-state index in [9.17, 15) is 0 Å². The highest BCUT2D eigenvalue weighted by Gasteiger charge is 2.28. The molecule has 0 saturated heterocycles. The minimum atomic E-state index is -1.57. The second-order valence-corrected chi connectivity index (χ2v) is 2.04. The third kappa shape index (κ3) is 1.33. The van der Waals surface area contributed by atoms with Gasteiger partial charge < -0.3 is 10.9 Å². The van der Waals surface area contributed by atoms with Crippen molar-refractivity contribution in [2.24, 2.45) is 32.3 Å². The molecule has 7 N–H and O–H groups in total. The quantitative estimate of drug-likeness (QED) is 0.179. The third-order valence-electron chi connectivity index (χ3n) is 1.14. The van der Waals surface area contributed by atoms with Crippen LogP contribution >= 0.6 is 0 Å². The van der Waals surface area contributed by atoms with Crippen molar-refractivity contribution in [3.63, 3.8) is 0 Å². The molecule has 0 aliphatic carbocycles. The molecule has 0 spiro atoms. The highest BCUT2D eigenvalue weighted by atomic mass is 16.4. The average molecular weight is 156 g/mol. The average Bonchev–Trinajstić information content (AvgIpc) is 1.85. The van der Waals surface area contributed by atoms with E-state index in [4.69, 9.17) is 22.4 Å². The Kier molecular flexibility index (Phi) is 1.59. The summed E-state index contributed by atoms with van der Waals surface area (Å²) in [5, 5.41) is 11.1. The van der Waals surface area contributed by atoms with Crippen LogP contribution in [0, 0.1) is 0 Å². The summed E-state index contributed by atoms with van der Waals surface area (Å²) in [6.45, 7) is 0. The highest BCUT2D eigenvalue weighted by molar-refractivity contribution is 6.37. The van der Waals surface area contributed by atoms with E-state index in [1.54, 1.807) is 0 Å². The number of oxime groups is 1. The zero-order valence-electron chi connectivity index (χ0n) is 5.60. The van der Waals surface area contributed by atoms with Crippen molar-refractivity contribution in [1.29, 1.82) is 0 Å². The van der Waals surface area contributed by atoms with E-state index in [-0.39, 0.29) is 11.7 Å². The molecule has 0 amide bonds. The molecule has 0 aromatic carbocycles. The second-order valence-electron chi connectivity index (χ2n) is 2.04. The second kappa shape index (κ2) is 2.29. The van der Waals surface area contributed by atoms with Crippen molar-refractivity contribution in [3.8, 4) is 0 Å². The summed E-state index contributed by atoms with van der Waals surface area (Å²) >= 11 is 0. The summed E-state index contributed by atoms with van der Waals surface area (Å²) in [5.41, 5.74) is 15.8. The first-order valence-electron chi connectivity index (χ1n) is 2.76. The van der Waals surface area contributed by atoms with Gasteiger partial charge in [-0.3, -0.25) is 11.5 Å². The van der Waals surface area contributed by atoms with Gasteiger partial charge in [-0.2, -0.15) is 0 Å². The molecule has 0 atom stereocenters. The topological polar surface area (TPSA) is 135 Å². The molecule has 7 nitrogen and oxygen atoms in total. The highest BCUT2D eigenvalue weighted by Crippen LogP contribution is 2.00. The Hall–Kier alpha value is -1.47. The Morgan fingerprint density at radius 3 is 2.64 bits per heavy atom. The molecule has 0 aromatic heterocycles. The van der Waals surface area contributed by atoms with Gasteiger partial charge in [-0.25, -0.2) is 9.98 Å². The lowest BCUT2D eigenvalue weighted by Crippen LogP contribution is -2.57. The molecular formula is C4H8N6O. The molecular weight excluding hydrogens is 148 g/mol. The van der Waals surface area contributed by atoms with Crippen molar-refractivity contribution < 1.29 is 5.21 Å². The number of hydrogen-bond acceptors (Lipinski definition) is 7. The minimum Gasteiger partial charge on any atom is -0.410 e. The fourth-order valence-corrected chi connectivity index (χ4v) is 0.612. The van der Waals surface area contributed by atoms with Gasteiger partial charge in [-0.05, 0) is 0 Å². The largest absolute Gasteiger partial charge is 0.410 e. The number of aliphatic imine (C=N–C) groups is 2. The molecule has 7 heteroatoms. The van der Waals surface area contributed by atoms with Crippen LogP contribution in [0.4, 0.5) is 0 Å². The van der Waals surface area contributed by atoms with Crippen LogP contribution in [0.1, 0.15) is 0 Å². The zero-order chi connectivity index (χ0) is 8.48. The standard InChI is InChI=1S/C4H8N6O/c5-3-8-1-2(10-11)4(6,7)9-3/h1,11H,6-7H2,(H2,5,9). The van der Waals surface area contributed by atoms with Gasteiger partial charge in [0.05, 0.1) is 6.21 Å². The van der Waals surface area contributed by atoms with Crippen LogP contribution in [0.5, 0.6) is 0 Å². The van der Waals surface area contributed by atoms with Crippen molar-refractivity contribution in [1.82, 2.24) is 0 Å². The van der Waals surface area contributed by atoms with Crippen LogP contribution in [-0.4, -0.2) is 28.9 Å². The van der Waals surface area contributed by atoms with Gasteiger partial charge in [0.15, 0.2) is 5.71 Å². The third-order valence-corrected chi connectivity index (χ3v) is 1.14. The fraction of sp³-hybridized carbons (Fsp3) is 0.250. The maximum atomic E-state index is 8.34. The predicted molar refractivity (Wildman–Crippen MR) is 40.4 cm³/mol. The van der Waals surface area contributed by atoms with Gasteiger partial charge >= 0.3 is 0 Å². The van der Waals surface area contributed by atoms with Crippen LogP contribution in [0.2, 0.25) is 0 Å². The molecule has 0 unspecified atom stereocenters. The van der Waals surface area contributed by atoms with Gasteiger partial charge in [-0.1, -0.05) is 5.16 Å². The van der Waals surface area contributed by atoms with Gasteiger partial charge in [0.1, 0.15) is 0 Å². The maximum absolute atomic E-state index is 8.34. The first-order chi connectivity index (χ1) is 5.06. The summed E-state index contributed by atoms with van der Waals surface area (Å²) in [6, 6.07) is 0. The molecule has 0 fully saturated rings. The van der Waals surface area contributed by atoms with Crippen LogP contribution in [0.25, 0.3) is 0 Å². The Morgan fingerprint density at radius 2 is 2.18 bits per heavy atom. The van der Waals surface area contributed by atoms with Crippen molar-refractivity contribution in [2.45, 2.75) is 5.79 Å². The van der Waals surface area contributed by atoms with Crippen LogP contribution in [-0.2, 0) is 0 Å². The van der Waals surface area contributed by atoms with E-state index in [1.165, 1.54) is 0 Å². The number of nitrogens with zero attached hydrogens (tertiary/aromatic N) is 3. The summed E-state index contributed by atoms with van der Waals surface area (Å²) in [7, 11) is 0. The Balaban J connectivity index is 3.03. The molecule has 1 aliphatic heterocycles. The summed E-state index contributed by atoms with van der Waals surface area (Å²) in [4.78, 5) is 7.06. The van der Waals surface area contributed by atoms with E-state index in [1.807, 2.05) is 0 Å². The summed E-state index contributed by atoms with van der Waals surface area (Å²) < 4.78 is 0. The first-order valence-corrected chi connectivity index (χ1v) is 2.76. The predicted octanol–water partition coefficient (Wildman–Crippen LogP) is -2.21. The molecule has 0 bridgehead atoms. The van der Waals surface area contributed by atoms with Gasteiger partial charge in [0, 0.05) is 0 Å². The SMILES string of the molecule is NC1=NC(N)(N)C(=NO)C=N1. The van der Waals surface area contributed by atoms with E-state index in [0.717, 1.165) is 6.21 Å². The number of nitrogens with two attached hydrogens (primary N) is 3. The van der Waals surface area contributed by atoms with E-state index < -0.39 is 5.79 Å².